The first-order chi connectivity index (χ1) is 10.4. The van der Waals surface area contributed by atoms with Crippen LogP contribution in [0.15, 0.2) is 36.4 Å². The van der Waals surface area contributed by atoms with Crippen LogP contribution in [0.2, 0.25) is 0 Å². The first kappa shape index (κ1) is 13.6. The lowest BCUT2D eigenvalue weighted by atomic mass is 9.82. The van der Waals surface area contributed by atoms with Gasteiger partial charge in [0.1, 0.15) is 0 Å². The number of nitro benzene ring substituents is 2. The third kappa shape index (κ3) is 1.71. The van der Waals surface area contributed by atoms with E-state index >= 15 is 0 Å². The van der Waals surface area contributed by atoms with Crippen molar-refractivity contribution in [1.82, 2.24) is 0 Å². The van der Waals surface area contributed by atoms with Gasteiger partial charge < -0.3 is 0 Å². The van der Waals surface area contributed by atoms with Crippen LogP contribution < -0.4 is 0 Å². The molecular formula is C14H6N2O6. The van der Waals surface area contributed by atoms with Crippen LogP contribution >= 0.6 is 0 Å². The molecule has 0 fully saturated rings. The van der Waals surface area contributed by atoms with Gasteiger partial charge in [0.05, 0.1) is 21.0 Å². The van der Waals surface area contributed by atoms with Gasteiger partial charge in [0, 0.05) is 23.3 Å². The molecule has 2 aromatic rings. The third-order valence-electron chi connectivity index (χ3n) is 3.42. The number of nitro groups is 2. The van der Waals surface area contributed by atoms with Crippen LogP contribution in [0.3, 0.4) is 0 Å². The fraction of sp³-hybridized carbons (Fsp3) is 0. The van der Waals surface area contributed by atoms with Gasteiger partial charge in [0.15, 0.2) is 0 Å². The summed E-state index contributed by atoms with van der Waals surface area (Å²) >= 11 is 0. The van der Waals surface area contributed by atoms with E-state index in [0.29, 0.717) is 0 Å². The zero-order valence-electron chi connectivity index (χ0n) is 10.8. The smallest absolute Gasteiger partial charge is 0.278 e. The standard InChI is InChI=1S/C14H6N2O6/c17-13-7-3-1-5-9(15(19)20)11(7)12-8(14(13)18)4-2-6-10(12)16(21)22/h1-6H. The second kappa shape index (κ2) is 4.55. The molecule has 0 unspecified atom stereocenters. The SMILES string of the molecule is O=C1C(=O)c2cccc([N+](=O)[O-])c2-c2c1cccc2[N+](=O)[O-]. The van der Waals surface area contributed by atoms with Gasteiger partial charge >= 0.3 is 0 Å². The predicted molar refractivity (Wildman–Crippen MR) is 73.8 cm³/mol. The molecule has 2 aromatic carbocycles. The first-order valence-corrected chi connectivity index (χ1v) is 6.07. The molecule has 0 amide bonds. The lowest BCUT2D eigenvalue weighted by Crippen LogP contribution is -2.22. The van der Waals surface area contributed by atoms with Crippen molar-refractivity contribution < 1.29 is 19.4 Å². The molecule has 0 spiro atoms. The van der Waals surface area contributed by atoms with Crippen LogP contribution in [-0.4, -0.2) is 21.4 Å². The second-order valence-corrected chi connectivity index (χ2v) is 4.57. The van der Waals surface area contributed by atoms with Crippen molar-refractivity contribution in [2.75, 3.05) is 0 Å². The van der Waals surface area contributed by atoms with E-state index in [1.807, 2.05) is 0 Å². The molecule has 0 N–H and O–H groups in total. The van der Waals surface area contributed by atoms with Gasteiger partial charge in [-0.15, -0.1) is 0 Å². The molecule has 0 saturated heterocycles. The molecule has 108 valence electrons. The minimum Gasteiger partial charge on any atom is -0.285 e. The van der Waals surface area contributed by atoms with Crippen molar-refractivity contribution in [2.45, 2.75) is 0 Å². The largest absolute Gasteiger partial charge is 0.285 e. The third-order valence-corrected chi connectivity index (χ3v) is 3.42. The Morgan fingerprint density at radius 1 is 0.682 bits per heavy atom. The summed E-state index contributed by atoms with van der Waals surface area (Å²) in [5.74, 6) is -1.82. The summed E-state index contributed by atoms with van der Waals surface area (Å²) in [6.45, 7) is 0. The Labute approximate surface area is 122 Å². The molecule has 0 aliphatic heterocycles. The molecule has 0 aromatic heterocycles. The van der Waals surface area contributed by atoms with Gasteiger partial charge in [-0.05, 0) is 12.1 Å². The number of carbonyl (C=O) groups excluding carboxylic acids is 2. The number of Topliss-reactive ketones (excluding diaryl/α,β-unsaturated/α-hetero) is 2. The van der Waals surface area contributed by atoms with Crippen LogP contribution in [0.4, 0.5) is 11.4 Å². The van der Waals surface area contributed by atoms with Gasteiger partial charge in [-0.3, -0.25) is 29.8 Å². The number of ketones is 2. The van der Waals surface area contributed by atoms with Gasteiger partial charge in [-0.1, -0.05) is 12.1 Å². The second-order valence-electron chi connectivity index (χ2n) is 4.57. The van der Waals surface area contributed by atoms with Crippen molar-refractivity contribution in [3.8, 4) is 11.1 Å². The van der Waals surface area contributed by atoms with Crippen molar-refractivity contribution in [3.05, 3.63) is 67.8 Å². The zero-order valence-corrected chi connectivity index (χ0v) is 10.8. The van der Waals surface area contributed by atoms with E-state index in [0.717, 1.165) is 12.1 Å². The topological polar surface area (TPSA) is 120 Å². The highest BCUT2D eigenvalue weighted by Crippen LogP contribution is 2.44. The molecule has 1 aliphatic rings. The maximum Gasteiger partial charge on any atom is 0.278 e. The maximum absolute atomic E-state index is 12.1. The zero-order chi connectivity index (χ0) is 16.0. The average Bonchev–Trinajstić information content (AvgIpc) is 2.50. The molecule has 0 saturated carbocycles. The van der Waals surface area contributed by atoms with Crippen molar-refractivity contribution >= 4 is 22.9 Å². The molecular weight excluding hydrogens is 292 g/mol. The minimum atomic E-state index is -0.910. The number of rotatable bonds is 2. The van der Waals surface area contributed by atoms with E-state index in [1.54, 1.807) is 0 Å². The molecule has 8 nitrogen and oxygen atoms in total. The highest BCUT2D eigenvalue weighted by molar-refractivity contribution is 6.53. The molecule has 3 rings (SSSR count). The number of carbonyl (C=O) groups is 2. The summed E-state index contributed by atoms with van der Waals surface area (Å²) in [4.78, 5) is 45.1. The van der Waals surface area contributed by atoms with Gasteiger partial charge in [0.2, 0.25) is 11.6 Å². The van der Waals surface area contributed by atoms with E-state index in [4.69, 9.17) is 0 Å². The van der Waals surface area contributed by atoms with Gasteiger partial charge in [0.25, 0.3) is 11.4 Å². The summed E-state index contributed by atoms with van der Waals surface area (Å²) in [7, 11) is 0. The van der Waals surface area contributed by atoms with Crippen LogP contribution in [0, 0.1) is 20.2 Å². The van der Waals surface area contributed by atoms with Crippen molar-refractivity contribution in [1.29, 1.82) is 0 Å². The number of hydrogen-bond donors (Lipinski definition) is 0. The predicted octanol–water partition coefficient (Wildman–Crippen LogP) is 2.55. The molecule has 1 aliphatic carbocycles. The summed E-state index contributed by atoms with van der Waals surface area (Å²) in [5.41, 5.74) is -1.65. The highest BCUT2D eigenvalue weighted by atomic mass is 16.6. The van der Waals surface area contributed by atoms with E-state index in [1.165, 1.54) is 24.3 Å². The Morgan fingerprint density at radius 3 is 1.36 bits per heavy atom. The lowest BCUT2D eigenvalue weighted by molar-refractivity contribution is -0.386. The molecule has 0 atom stereocenters. The fourth-order valence-electron chi connectivity index (χ4n) is 2.53. The number of benzene rings is 2. The van der Waals surface area contributed by atoms with Crippen molar-refractivity contribution in [2.24, 2.45) is 0 Å². The lowest BCUT2D eigenvalue weighted by Gasteiger charge is -2.17. The molecule has 0 radical (unpaired) electrons. The van der Waals surface area contributed by atoms with E-state index in [-0.39, 0.29) is 22.3 Å². The Morgan fingerprint density at radius 2 is 1.05 bits per heavy atom. The van der Waals surface area contributed by atoms with E-state index in [9.17, 15) is 29.8 Å². The van der Waals surface area contributed by atoms with Gasteiger partial charge in [-0.25, -0.2) is 0 Å². The minimum absolute atomic E-state index is 0.181. The summed E-state index contributed by atoms with van der Waals surface area (Å²) in [6.07, 6.45) is 0. The highest BCUT2D eigenvalue weighted by Gasteiger charge is 2.39. The van der Waals surface area contributed by atoms with E-state index < -0.39 is 32.8 Å². The van der Waals surface area contributed by atoms with Crippen LogP contribution in [0.25, 0.3) is 11.1 Å². The van der Waals surface area contributed by atoms with Gasteiger partial charge in [-0.2, -0.15) is 0 Å². The summed E-state index contributed by atoms with van der Waals surface area (Å²) in [6, 6.07) is 7.32. The van der Waals surface area contributed by atoms with E-state index in [2.05, 4.69) is 0 Å². The summed E-state index contributed by atoms with van der Waals surface area (Å²) < 4.78 is 0. The number of fused-ring (bicyclic) bond motifs is 3. The number of hydrogen-bond acceptors (Lipinski definition) is 6. The maximum atomic E-state index is 12.1. The monoisotopic (exact) mass is 298 g/mol. The average molecular weight is 298 g/mol. The van der Waals surface area contributed by atoms with Crippen LogP contribution in [-0.2, 0) is 0 Å². The quantitative estimate of drug-likeness (QED) is 0.477. The molecule has 8 heteroatoms. The van der Waals surface area contributed by atoms with Crippen molar-refractivity contribution in [3.63, 3.8) is 0 Å². The molecule has 22 heavy (non-hydrogen) atoms. The molecule has 0 heterocycles. The molecule has 0 bridgehead atoms. The normalized spacial score (nSPS) is 12.5. The Kier molecular flexibility index (Phi) is 2.81. The first-order valence-electron chi connectivity index (χ1n) is 6.07. The fourth-order valence-corrected chi connectivity index (χ4v) is 2.53. The van der Waals surface area contributed by atoms with Crippen LogP contribution in [0.5, 0.6) is 0 Å². The Hall–Kier alpha value is -3.42. The summed E-state index contributed by atoms with van der Waals surface area (Å²) in [5, 5.41) is 22.4. The van der Waals surface area contributed by atoms with Crippen LogP contribution in [0.1, 0.15) is 20.7 Å². The Balaban J connectivity index is 2.52. The Bertz CT molecular complexity index is 813. The number of nitrogens with zero attached hydrogens (tertiary/aromatic N) is 2.